The van der Waals surface area contributed by atoms with Crippen molar-refractivity contribution in [3.05, 3.63) is 17.6 Å². The molecule has 0 radical (unpaired) electrons. The number of carbonyl (C=O) groups is 1. The molecule has 1 aliphatic carbocycles. The van der Waals surface area contributed by atoms with Crippen molar-refractivity contribution in [3.8, 4) is 0 Å². The van der Waals surface area contributed by atoms with Crippen LogP contribution in [0, 0.1) is 12.8 Å². The number of carbonyl (C=O) groups excluding carboxylic acids is 1. The van der Waals surface area contributed by atoms with E-state index in [9.17, 15) is 13.2 Å². The van der Waals surface area contributed by atoms with Gasteiger partial charge in [0, 0.05) is 22.8 Å². The summed E-state index contributed by atoms with van der Waals surface area (Å²) in [7, 11) is 1.39. The summed E-state index contributed by atoms with van der Waals surface area (Å²) in [4.78, 5) is 12.0. The van der Waals surface area contributed by atoms with Crippen molar-refractivity contribution in [2.45, 2.75) is 56.9 Å². The van der Waals surface area contributed by atoms with Gasteiger partial charge in [-0.15, -0.1) is 0 Å². The molecule has 1 heterocycles. The Morgan fingerprint density at radius 3 is 2.48 bits per heavy atom. The molecule has 0 aliphatic heterocycles. The van der Waals surface area contributed by atoms with Crippen LogP contribution in [0.2, 0.25) is 0 Å². The number of hydrogen-bond acceptors (Lipinski definition) is 4. The second-order valence-corrected chi connectivity index (χ2v) is 8.10. The lowest BCUT2D eigenvalue weighted by molar-refractivity contribution is 0.0892. The monoisotopic (exact) mass is 333 g/mol. The summed E-state index contributed by atoms with van der Waals surface area (Å²) in [6, 6.07) is 1.31. The summed E-state index contributed by atoms with van der Waals surface area (Å²) in [6.07, 6.45) is 5.30. The Labute approximate surface area is 129 Å². The summed E-state index contributed by atoms with van der Waals surface area (Å²) >= 11 is 0. The number of amides is 1. The van der Waals surface area contributed by atoms with Crippen LogP contribution < -0.4 is 5.32 Å². The largest absolute Gasteiger partial charge is 0.455 e. The number of halogens is 1. The maximum absolute atomic E-state index is 12.1. The van der Waals surface area contributed by atoms with Crippen molar-refractivity contribution in [2.24, 2.45) is 5.92 Å². The van der Waals surface area contributed by atoms with E-state index in [0.29, 0.717) is 0 Å². The molecule has 1 fully saturated rings. The summed E-state index contributed by atoms with van der Waals surface area (Å²) in [5.74, 6) is 0.482. The summed E-state index contributed by atoms with van der Waals surface area (Å²) in [5.41, 5.74) is 0. The van der Waals surface area contributed by atoms with E-state index in [-0.39, 0.29) is 28.4 Å². The number of aryl methyl sites for hydroxylation is 1. The zero-order chi connectivity index (χ0) is 15.6. The molecule has 2 rings (SSSR count). The molecule has 7 heteroatoms. The Kier molecular flexibility index (Phi) is 4.99. The Hall–Kier alpha value is -1.01. The van der Waals surface area contributed by atoms with Gasteiger partial charge in [-0.3, -0.25) is 4.79 Å². The Bertz CT molecular complexity index is 615. The second kappa shape index (κ2) is 6.40. The standard InChI is InChI=1S/C14H20ClNO4S/c1-3-10-4-6-11(7-5-10)16-14(17)12-8-13(9(2)20-12)21(15,18)19/h8,10-11H,3-7H2,1-2H3,(H,16,17). The predicted octanol–water partition coefficient (Wildman–Crippen LogP) is 3.21. The van der Waals surface area contributed by atoms with Gasteiger partial charge in [0.2, 0.25) is 0 Å². The average molecular weight is 334 g/mol. The molecule has 0 bridgehead atoms. The van der Waals surface area contributed by atoms with Crippen molar-refractivity contribution >= 4 is 25.6 Å². The molecule has 1 N–H and O–H groups in total. The van der Waals surface area contributed by atoms with Crippen LogP contribution in [0.4, 0.5) is 0 Å². The Balaban J connectivity index is 2.02. The highest BCUT2D eigenvalue weighted by atomic mass is 35.7. The highest BCUT2D eigenvalue weighted by molar-refractivity contribution is 8.13. The molecule has 5 nitrogen and oxygen atoms in total. The van der Waals surface area contributed by atoms with Crippen LogP contribution in [0.3, 0.4) is 0 Å². The van der Waals surface area contributed by atoms with Crippen molar-refractivity contribution < 1.29 is 17.6 Å². The van der Waals surface area contributed by atoms with Crippen LogP contribution >= 0.6 is 10.7 Å². The minimum Gasteiger partial charge on any atom is -0.455 e. The van der Waals surface area contributed by atoms with Crippen molar-refractivity contribution in [2.75, 3.05) is 0 Å². The lowest BCUT2D eigenvalue weighted by Gasteiger charge is -2.28. The van der Waals surface area contributed by atoms with Gasteiger partial charge < -0.3 is 9.73 Å². The van der Waals surface area contributed by atoms with Crippen molar-refractivity contribution in [3.63, 3.8) is 0 Å². The fraction of sp³-hybridized carbons (Fsp3) is 0.643. The highest BCUT2D eigenvalue weighted by Crippen LogP contribution is 2.27. The molecule has 1 saturated carbocycles. The molecule has 0 spiro atoms. The van der Waals surface area contributed by atoms with Gasteiger partial charge >= 0.3 is 0 Å². The molecule has 1 aromatic rings. The molecule has 118 valence electrons. The topological polar surface area (TPSA) is 76.4 Å². The van der Waals surface area contributed by atoms with Gasteiger partial charge in [0.1, 0.15) is 10.7 Å². The van der Waals surface area contributed by atoms with Crippen molar-refractivity contribution in [1.82, 2.24) is 5.32 Å². The number of nitrogens with one attached hydrogen (secondary N) is 1. The summed E-state index contributed by atoms with van der Waals surface area (Å²) < 4.78 is 27.9. The molecular weight excluding hydrogens is 314 g/mol. The van der Waals surface area contributed by atoms with Crippen LogP contribution in [-0.4, -0.2) is 20.4 Å². The molecule has 0 atom stereocenters. The first-order valence-corrected chi connectivity index (χ1v) is 9.48. The third-order valence-corrected chi connectivity index (χ3v) is 5.55. The van der Waals surface area contributed by atoms with Gasteiger partial charge in [0.15, 0.2) is 5.76 Å². The molecule has 0 aromatic carbocycles. The third-order valence-electron chi connectivity index (χ3n) is 4.12. The van der Waals surface area contributed by atoms with Gasteiger partial charge in [-0.05, 0) is 38.5 Å². The Morgan fingerprint density at radius 2 is 2.00 bits per heavy atom. The van der Waals surface area contributed by atoms with E-state index in [2.05, 4.69) is 12.2 Å². The van der Waals surface area contributed by atoms with Gasteiger partial charge in [-0.2, -0.15) is 0 Å². The maximum atomic E-state index is 12.1. The Morgan fingerprint density at radius 1 is 1.38 bits per heavy atom. The van der Waals surface area contributed by atoms with Crippen LogP contribution in [0.1, 0.15) is 55.3 Å². The van der Waals surface area contributed by atoms with Crippen LogP contribution in [0.5, 0.6) is 0 Å². The fourth-order valence-corrected chi connectivity index (χ4v) is 3.88. The van der Waals surface area contributed by atoms with E-state index in [0.717, 1.165) is 31.6 Å². The smallest absolute Gasteiger partial charge is 0.287 e. The fourth-order valence-electron chi connectivity index (χ4n) is 2.79. The zero-order valence-corrected chi connectivity index (χ0v) is 13.8. The van der Waals surface area contributed by atoms with E-state index < -0.39 is 9.05 Å². The van der Waals surface area contributed by atoms with E-state index in [1.54, 1.807) is 0 Å². The maximum Gasteiger partial charge on any atom is 0.287 e. The molecule has 1 amide bonds. The second-order valence-electron chi connectivity index (χ2n) is 5.57. The van der Waals surface area contributed by atoms with Crippen LogP contribution in [-0.2, 0) is 9.05 Å². The predicted molar refractivity (Wildman–Crippen MR) is 80.0 cm³/mol. The SMILES string of the molecule is CCC1CCC(NC(=O)c2cc(S(=O)(=O)Cl)c(C)o2)CC1. The lowest BCUT2D eigenvalue weighted by atomic mass is 9.84. The van der Waals surface area contributed by atoms with E-state index >= 15 is 0 Å². The summed E-state index contributed by atoms with van der Waals surface area (Å²) in [5, 5.41) is 2.90. The molecule has 0 saturated heterocycles. The van der Waals surface area contributed by atoms with Gasteiger partial charge in [0.25, 0.3) is 15.0 Å². The highest BCUT2D eigenvalue weighted by Gasteiger charge is 2.25. The lowest BCUT2D eigenvalue weighted by Crippen LogP contribution is -2.37. The molecule has 1 aliphatic rings. The first-order valence-electron chi connectivity index (χ1n) is 7.17. The minimum absolute atomic E-state index is 0.00987. The third kappa shape index (κ3) is 4.01. The number of hydrogen-bond donors (Lipinski definition) is 1. The van der Waals surface area contributed by atoms with Gasteiger partial charge in [-0.1, -0.05) is 13.3 Å². The quantitative estimate of drug-likeness (QED) is 0.858. The number of rotatable bonds is 4. The van der Waals surface area contributed by atoms with E-state index in [1.807, 2.05) is 0 Å². The first-order chi connectivity index (χ1) is 9.81. The molecular formula is C14H20ClNO4S. The molecule has 1 aromatic heterocycles. The van der Waals surface area contributed by atoms with Crippen LogP contribution in [0.15, 0.2) is 15.4 Å². The van der Waals surface area contributed by atoms with Crippen LogP contribution in [0.25, 0.3) is 0 Å². The van der Waals surface area contributed by atoms with E-state index in [1.165, 1.54) is 19.4 Å². The zero-order valence-electron chi connectivity index (χ0n) is 12.2. The normalized spacial score (nSPS) is 23.0. The first kappa shape index (κ1) is 16.4. The minimum atomic E-state index is -3.89. The number of furan rings is 1. The molecule has 21 heavy (non-hydrogen) atoms. The average Bonchev–Trinajstić information content (AvgIpc) is 2.82. The van der Waals surface area contributed by atoms with Gasteiger partial charge in [0.05, 0.1) is 0 Å². The van der Waals surface area contributed by atoms with Gasteiger partial charge in [-0.25, -0.2) is 8.42 Å². The van der Waals surface area contributed by atoms with Crippen molar-refractivity contribution in [1.29, 1.82) is 0 Å². The molecule has 0 unspecified atom stereocenters. The summed E-state index contributed by atoms with van der Waals surface area (Å²) in [6.45, 7) is 3.65. The van der Waals surface area contributed by atoms with E-state index in [4.69, 9.17) is 15.1 Å².